The van der Waals surface area contributed by atoms with E-state index in [1.54, 1.807) is 6.07 Å². The third-order valence-electron chi connectivity index (χ3n) is 2.30. The molecule has 0 saturated carbocycles. The van der Waals surface area contributed by atoms with E-state index in [1.807, 2.05) is 19.1 Å². The van der Waals surface area contributed by atoms with Gasteiger partial charge in [0, 0.05) is 24.8 Å². The van der Waals surface area contributed by atoms with Crippen molar-refractivity contribution < 1.29 is 15.0 Å². The highest BCUT2D eigenvalue weighted by molar-refractivity contribution is 5.89. The summed E-state index contributed by atoms with van der Waals surface area (Å²) in [6.45, 7) is 3.35. The van der Waals surface area contributed by atoms with Crippen molar-refractivity contribution in [3.05, 3.63) is 23.8 Å². The van der Waals surface area contributed by atoms with Gasteiger partial charge >= 0.3 is 0 Å². The summed E-state index contributed by atoms with van der Waals surface area (Å²) in [7, 11) is 0. The standard InChI is InChI=1S/C12H18N2O3/c1-8-3-4-10(14-9(2)16)5-12(8)13-6-11(17)7-15/h3-5,11,13,15,17H,6-7H2,1-2H3,(H,14,16). The molecule has 1 unspecified atom stereocenters. The summed E-state index contributed by atoms with van der Waals surface area (Å²) in [5.41, 5.74) is 2.53. The van der Waals surface area contributed by atoms with Crippen molar-refractivity contribution in [1.29, 1.82) is 0 Å². The van der Waals surface area contributed by atoms with Crippen LogP contribution in [0.2, 0.25) is 0 Å². The zero-order chi connectivity index (χ0) is 12.8. The van der Waals surface area contributed by atoms with E-state index in [0.29, 0.717) is 5.69 Å². The first-order valence-electron chi connectivity index (χ1n) is 5.44. The van der Waals surface area contributed by atoms with Crippen molar-refractivity contribution in [3.63, 3.8) is 0 Å². The second kappa shape index (κ2) is 6.22. The van der Waals surface area contributed by atoms with E-state index in [1.165, 1.54) is 6.92 Å². The van der Waals surface area contributed by atoms with Crippen LogP contribution >= 0.6 is 0 Å². The zero-order valence-corrected chi connectivity index (χ0v) is 10.0. The normalized spacial score (nSPS) is 12.0. The maximum Gasteiger partial charge on any atom is 0.221 e. The van der Waals surface area contributed by atoms with E-state index >= 15 is 0 Å². The van der Waals surface area contributed by atoms with E-state index in [4.69, 9.17) is 5.11 Å². The fourth-order valence-electron chi connectivity index (χ4n) is 1.39. The second-order valence-electron chi connectivity index (χ2n) is 3.93. The van der Waals surface area contributed by atoms with Crippen molar-refractivity contribution in [2.24, 2.45) is 0 Å². The van der Waals surface area contributed by atoms with Crippen LogP contribution in [0.3, 0.4) is 0 Å². The Hall–Kier alpha value is -1.59. The first kappa shape index (κ1) is 13.5. The molecule has 5 heteroatoms. The molecule has 1 aromatic rings. The molecule has 0 aromatic heterocycles. The van der Waals surface area contributed by atoms with E-state index in [0.717, 1.165) is 11.3 Å². The summed E-state index contributed by atoms with van der Waals surface area (Å²) in [4.78, 5) is 10.9. The Kier molecular flexibility index (Phi) is 4.93. The minimum Gasteiger partial charge on any atom is -0.394 e. The molecule has 0 bridgehead atoms. The summed E-state index contributed by atoms with van der Waals surface area (Å²) in [5, 5.41) is 23.7. The molecule has 0 saturated heterocycles. The smallest absolute Gasteiger partial charge is 0.221 e. The van der Waals surface area contributed by atoms with E-state index in [2.05, 4.69) is 10.6 Å². The van der Waals surface area contributed by atoms with Crippen LogP contribution in [0.25, 0.3) is 0 Å². The average molecular weight is 238 g/mol. The molecule has 0 aliphatic carbocycles. The molecule has 94 valence electrons. The number of anilines is 2. The SMILES string of the molecule is CC(=O)Nc1ccc(C)c(NCC(O)CO)c1. The van der Waals surface area contributed by atoms with Crippen LogP contribution in [0.5, 0.6) is 0 Å². The lowest BCUT2D eigenvalue weighted by molar-refractivity contribution is -0.114. The molecule has 0 heterocycles. The highest BCUT2D eigenvalue weighted by atomic mass is 16.3. The Morgan fingerprint density at radius 2 is 2.18 bits per heavy atom. The molecule has 5 nitrogen and oxygen atoms in total. The molecule has 0 aliphatic heterocycles. The number of carbonyl (C=O) groups is 1. The highest BCUT2D eigenvalue weighted by Gasteiger charge is 2.04. The van der Waals surface area contributed by atoms with Gasteiger partial charge in [0.15, 0.2) is 0 Å². The number of benzene rings is 1. The van der Waals surface area contributed by atoms with Crippen LogP contribution in [0, 0.1) is 6.92 Å². The van der Waals surface area contributed by atoms with Crippen molar-refractivity contribution in [2.45, 2.75) is 20.0 Å². The first-order chi connectivity index (χ1) is 8.02. The predicted octanol–water partition coefficient (Wildman–Crippen LogP) is 0.719. The largest absolute Gasteiger partial charge is 0.394 e. The minimum atomic E-state index is -0.793. The van der Waals surface area contributed by atoms with Gasteiger partial charge in [-0.15, -0.1) is 0 Å². The third-order valence-corrected chi connectivity index (χ3v) is 2.30. The number of aryl methyl sites for hydroxylation is 1. The lowest BCUT2D eigenvalue weighted by Crippen LogP contribution is -2.23. The molecule has 1 aromatic carbocycles. The van der Waals surface area contributed by atoms with Gasteiger partial charge < -0.3 is 20.8 Å². The number of carbonyl (C=O) groups excluding carboxylic acids is 1. The number of rotatable bonds is 5. The molecule has 1 rings (SSSR count). The summed E-state index contributed by atoms with van der Waals surface area (Å²) in [5.74, 6) is -0.129. The topological polar surface area (TPSA) is 81.6 Å². The maximum absolute atomic E-state index is 10.9. The number of nitrogens with one attached hydrogen (secondary N) is 2. The number of aliphatic hydroxyl groups excluding tert-OH is 2. The molecule has 4 N–H and O–H groups in total. The van der Waals surface area contributed by atoms with Gasteiger partial charge in [-0.25, -0.2) is 0 Å². The Balaban J connectivity index is 2.72. The van der Waals surface area contributed by atoms with E-state index in [9.17, 15) is 9.90 Å². The van der Waals surface area contributed by atoms with E-state index < -0.39 is 6.10 Å². The highest BCUT2D eigenvalue weighted by Crippen LogP contribution is 2.20. The second-order valence-corrected chi connectivity index (χ2v) is 3.93. The van der Waals surface area contributed by atoms with Crippen LogP contribution in [0.1, 0.15) is 12.5 Å². The number of hydrogen-bond acceptors (Lipinski definition) is 4. The van der Waals surface area contributed by atoms with Gasteiger partial charge in [0.05, 0.1) is 12.7 Å². The minimum absolute atomic E-state index is 0.129. The summed E-state index contributed by atoms with van der Waals surface area (Å²) < 4.78 is 0. The van der Waals surface area contributed by atoms with Crippen LogP contribution < -0.4 is 10.6 Å². The van der Waals surface area contributed by atoms with Gasteiger partial charge in [0.1, 0.15) is 0 Å². The fraction of sp³-hybridized carbons (Fsp3) is 0.417. The van der Waals surface area contributed by atoms with Gasteiger partial charge in [-0.2, -0.15) is 0 Å². The molecular formula is C12H18N2O3. The molecule has 0 aliphatic rings. The monoisotopic (exact) mass is 238 g/mol. The lowest BCUT2D eigenvalue weighted by atomic mass is 10.1. The van der Waals surface area contributed by atoms with Crippen LogP contribution in [0.4, 0.5) is 11.4 Å². The summed E-state index contributed by atoms with van der Waals surface area (Å²) in [6.07, 6.45) is -0.793. The Morgan fingerprint density at radius 3 is 2.76 bits per heavy atom. The third kappa shape index (κ3) is 4.42. The number of aliphatic hydroxyl groups is 2. The van der Waals surface area contributed by atoms with Crippen molar-refractivity contribution in [3.8, 4) is 0 Å². The average Bonchev–Trinajstić information content (AvgIpc) is 2.28. The predicted molar refractivity (Wildman–Crippen MR) is 67.1 cm³/mol. The molecule has 0 fully saturated rings. The van der Waals surface area contributed by atoms with Crippen LogP contribution in [-0.4, -0.2) is 35.4 Å². The molecule has 17 heavy (non-hydrogen) atoms. The number of hydrogen-bond donors (Lipinski definition) is 4. The summed E-state index contributed by atoms with van der Waals surface area (Å²) in [6, 6.07) is 5.48. The Bertz CT molecular complexity index is 393. The zero-order valence-electron chi connectivity index (χ0n) is 10.0. The van der Waals surface area contributed by atoms with Crippen molar-refractivity contribution in [2.75, 3.05) is 23.8 Å². The van der Waals surface area contributed by atoms with Crippen LogP contribution in [0.15, 0.2) is 18.2 Å². The van der Waals surface area contributed by atoms with Gasteiger partial charge in [0.2, 0.25) is 5.91 Å². The first-order valence-corrected chi connectivity index (χ1v) is 5.44. The molecule has 0 radical (unpaired) electrons. The van der Waals surface area contributed by atoms with E-state index in [-0.39, 0.29) is 19.1 Å². The van der Waals surface area contributed by atoms with Gasteiger partial charge in [-0.05, 0) is 24.6 Å². The van der Waals surface area contributed by atoms with Gasteiger partial charge in [-0.1, -0.05) is 6.07 Å². The van der Waals surface area contributed by atoms with Gasteiger partial charge in [-0.3, -0.25) is 4.79 Å². The number of amides is 1. The van der Waals surface area contributed by atoms with Gasteiger partial charge in [0.25, 0.3) is 0 Å². The van der Waals surface area contributed by atoms with Crippen molar-refractivity contribution >= 4 is 17.3 Å². The molecule has 0 spiro atoms. The Labute approximate surface area is 100 Å². The quantitative estimate of drug-likeness (QED) is 0.609. The molecule has 1 atom stereocenters. The van der Waals surface area contributed by atoms with Crippen molar-refractivity contribution in [1.82, 2.24) is 0 Å². The lowest BCUT2D eigenvalue weighted by Gasteiger charge is -2.14. The molecule has 1 amide bonds. The molecular weight excluding hydrogens is 220 g/mol. The van der Waals surface area contributed by atoms with Crippen LogP contribution in [-0.2, 0) is 4.79 Å². The Morgan fingerprint density at radius 1 is 1.47 bits per heavy atom. The maximum atomic E-state index is 10.9. The fourth-order valence-corrected chi connectivity index (χ4v) is 1.39. The summed E-state index contributed by atoms with van der Waals surface area (Å²) >= 11 is 0.